The molecule has 1 rings (SSSR count). The molecule has 0 aliphatic carbocycles. The Morgan fingerprint density at radius 2 is 1.94 bits per heavy atom. The Morgan fingerprint density at radius 1 is 1.33 bits per heavy atom. The van der Waals surface area contributed by atoms with Crippen LogP contribution >= 0.6 is 0 Å². The van der Waals surface area contributed by atoms with Crippen molar-refractivity contribution in [1.82, 2.24) is 4.90 Å². The number of alkyl halides is 3. The third-order valence-electron chi connectivity index (χ3n) is 2.17. The summed E-state index contributed by atoms with van der Waals surface area (Å²) in [6, 6.07) is 3.59. The Labute approximate surface area is 102 Å². The predicted molar refractivity (Wildman–Crippen MR) is 59.8 cm³/mol. The van der Waals surface area contributed by atoms with Crippen molar-refractivity contribution in [3.63, 3.8) is 0 Å². The molecule has 0 unspecified atom stereocenters. The third kappa shape index (κ3) is 4.70. The lowest BCUT2D eigenvalue weighted by Gasteiger charge is -2.18. The Hall–Kier alpha value is -1.63. The molecular formula is C11H13F4N3. The maximum atomic E-state index is 13.2. The molecule has 0 aliphatic rings. The van der Waals surface area contributed by atoms with Crippen molar-refractivity contribution in [3.05, 3.63) is 35.1 Å². The Balaban J connectivity index is 2.81. The SMILES string of the molecule is CN(Cc1cc(F)cc(C(=N)N)c1)CC(F)(F)F. The van der Waals surface area contributed by atoms with Gasteiger partial charge in [-0.1, -0.05) is 0 Å². The Kier molecular flexibility index (Phi) is 4.28. The fourth-order valence-electron chi connectivity index (χ4n) is 1.57. The van der Waals surface area contributed by atoms with Crippen LogP contribution in [0.25, 0.3) is 0 Å². The molecule has 0 radical (unpaired) electrons. The molecule has 0 aliphatic heterocycles. The molecule has 3 nitrogen and oxygen atoms in total. The van der Waals surface area contributed by atoms with Crippen LogP contribution in [0.4, 0.5) is 17.6 Å². The van der Waals surface area contributed by atoms with Gasteiger partial charge in [-0.2, -0.15) is 13.2 Å². The highest BCUT2D eigenvalue weighted by Crippen LogP contribution is 2.17. The molecule has 3 N–H and O–H groups in total. The molecule has 0 bridgehead atoms. The second-order valence-electron chi connectivity index (χ2n) is 4.05. The van der Waals surface area contributed by atoms with Crippen LogP contribution in [-0.2, 0) is 6.54 Å². The molecule has 0 fully saturated rings. The van der Waals surface area contributed by atoms with Crippen molar-refractivity contribution in [1.29, 1.82) is 5.41 Å². The number of nitrogen functional groups attached to an aromatic ring is 1. The van der Waals surface area contributed by atoms with E-state index < -0.39 is 18.5 Å². The van der Waals surface area contributed by atoms with Crippen LogP contribution < -0.4 is 5.73 Å². The second-order valence-corrected chi connectivity index (χ2v) is 4.05. The lowest BCUT2D eigenvalue weighted by molar-refractivity contribution is -0.144. The minimum absolute atomic E-state index is 0.0719. The van der Waals surface area contributed by atoms with Gasteiger partial charge < -0.3 is 5.73 Å². The highest BCUT2D eigenvalue weighted by Gasteiger charge is 2.29. The van der Waals surface area contributed by atoms with Crippen LogP contribution in [0.15, 0.2) is 18.2 Å². The van der Waals surface area contributed by atoms with Gasteiger partial charge in [0, 0.05) is 12.1 Å². The molecule has 1 aromatic rings. The topological polar surface area (TPSA) is 53.1 Å². The van der Waals surface area contributed by atoms with Crippen molar-refractivity contribution in [3.8, 4) is 0 Å². The first kappa shape index (κ1) is 14.4. The normalized spacial score (nSPS) is 11.9. The van der Waals surface area contributed by atoms with Crippen LogP contribution in [-0.4, -0.2) is 30.5 Å². The van der Waals surface area contributed by atoms with Gasteiger partial charge in [-0.3, -0.25) is 10.3 Å². The maximum absolute atomic E-state index is 13.2. The first-order valence-electron chi connectivity index (χ1n) is 5.06. The molecule has 0 amide bonds. The number of rotatable bonds is 4. The van der Waals surface area contributed by atoms with Gasteiger partial charge in [0.2, 0.25) is 0 Å². The molecule has 0 atom stereocenters. The average molecular weight is 263 g/mol. The van der Waals surface area contributed by atoms with Gasteiger partial charge >= 0.3 is 6.18 Å². The van der Waals surface area contributed by atoms with E-state index in [-0.39, 0.29) is 17.9 Å². The van der Waals surface area contributed by atoms with E-state index in [0.29, 0.717) is 5.56 Å². The van der Waals surface area contributed by atoms with E-state index in [2.05, 4.69) is 0 Å². The van der Waals surface area contributed by atoms with Crippen molar-refractivity contribution >= 4 is 5.84 Å². The summed E-state index contributed by atoms with van der Waals surface area (Å²) < 4.78 is 49.6. The van der Waals surface area contributed by atoms with Crippen LogP contribution in [0.5, 0.6) is 0 Å². The number of halogens is 4. The zero-order chi connectivity index (χ0) is 13.9. The summed E-state index contributed by atoms with van der Waals surface area (Å²) in [5.41, 5.74) is 5.70. The lowest BCUT2D eigenvalue weighted by atomic mass is 10.1. The third-order valence-corrected chi connectivity index (χ3v) is 2.17. The van der Waals surface area contributed by atoms with Crippen LogP contribution in [0, 0.1) is 11.2 Å². The molecule has 1 aromatic carbocycles. The van der Waals surface area contributed by atoms with Gasteiger partial charge in [-0.15, -0.1) is 0 Å². The van der Waals surface area contributed by atoms with Crippen molar-refractivity contribution in [2.75, 3.05) is 13.6 Å². The minimum Gasteiger partial charge on any atom is -0.384 e. The van der Waals surface area contributed by atoms with E-state index in [1.54, 1.807) is 0 Å². The summed E-state index contributed by atoms with van der Waals surface area (Å²) in [5.74, 6) is -0.952. The number of hydrogen-bond acceptors (Lipinski definition) is 2. The number of hydrogen-bond donors (Lipinski definition) is 2. The van der Waals surface area contributed by atoms with Crippen molar-refractivity contribution in [2.45, 2.75) is 12.7 Å². The van der Waals surface area contributed by atoms with Gasteiger partial charge in [-0.25, -0.2) is 4.39 Å². The lowest BCUT2D eigenvalue weighted by Crippen LogP contribution is -2.30. The molecule has 0 saturated carbocycles. The average Bonchev–Trinajstić information content (AvgIpc) is 2.12. The highest BCUT2D eigenvalue weighted by atomic mass is 19.4. The molecule has 7 heteroatoms. The summed E-state index contributed by atoms with van der Waals surface area (Å²) in [6.07, 6.45) is -4.30. The number of benzene rings is 1. The molecular weight excluding hydrogens is 250 g/mol. The minimum atomic E-state index is -4.30. The molecule has 100 valence electrons. The molecule has 0 spiro atoms. The number of amidine groups is 1. The quantitative estimate of drug-likeness (QED) is 0.496. The largest absolute Gasteiger partial charge is 0.401 e. The van der Waals surface area contributed by atoms with E-state index in [4.69, 9.17) is 11.1 Å². The Bertz CT molecular complexity index is 442. The van der Waals surface area contributed by atoms with Gasteiger partial charge in [0.1, 0.15) is 11.7 Å². The summed E-state index contributed by atoms with van der Waals surface area (Å²) in [5, 5.41) is 7.17. The zero-order valence-electron chi connectivity index (χ0n) is 9.68. The predicted octanol–water partition coefficient (Wildman–Crippen LogP) is 2.10. The number of nitrogens with two attached hydrogens (primary N) is 1. The van der Waals surface area contributed by atoms with Gasteiger partial charge in [0.15, 0.2) is 0 Å². The number of nitrogens with one attached hydrogen (secondary N) is 1. The summed E-state index contributed by atoms with van der Waals surface area (Å²) >= 11 is 0. The van der Waals surface area contributed by atoms with Crippen LogP contribution in [0.2, 0.25) is 0 Å². The molecule has 0 heterocycles. The molecule has 18 heavy (non-hydrogen) atoms. The van der Waals surface area contributed by atoms with E-state index >= 15 is 0 Å². The summed E-state index contributed by atoms with van der Waals surface area (Å²) in [4.78, 5) is 1.01. The molecule has 0 saturated heterocycles. The Morgan fingerprint density at radius 3 is 2.44 bits per heavy atom. The van der Waals surface area contributed by atoms with E-state index in [1.807, 2.05) is 0 Å². The van der Waals surface area contributed by atoms with Crippen LogP contribution in [0.3, 0.4) is 0 Å². The summed E-state index contributed by atoms with van der Waals surface area (Å²) in [7, 11) is 1.28. The first-order chi connectivity index (χ1) is 8.17. The number of nitrogens with zero attached hydrogens (tertiary/aromatic N) is 1. The first-order valence-corrected chi connectivity index (χ1v) is 5.06. The van der Waals surface area contributed by atoms with Crippen molar-refractivity contribution in [2.24, 2.45) is 5.73 Å². The van der Waals surface area contributed by atoms with Crippen LogP contribution in [0.1, 0.15) is 11.1 Å². The fourth-order valence-corrected chi connectivity index (χ4v) is 1.57. The monoisotopic (exact) mass is 263 g/mol. The van der Waals surface area contributed by atoms with E-state index in [0.717, 1.165) is 17.0 Å². The van der Waals surface area contributed by atoms with E-state index in [1.165, 1.54) is 13.1 Å². The van der Waals surface area contributed by atoms with Gasteiger partial charge in [0.25, 0.3) is 0 Å². The maximum Gasteiger partial charge on any atom is 0.401 e. The summed E-state index contributed by atoms with van der Waals surface area (Å²) in [6.45, 7) is -1.16. The highest BCUT2D eigenvalue weighted by molar-refractivity contribution is 5.95. The van der Waals surface area contributed by atoms with Crippen molar-refractivity contribution < 1.29 is 17.6 Å². The van der Waals surface area contributed by atoms with Gasteiger partial charge in [-0.05, 0) is 30.8 Å². The van der Waals surface area contributed by atoms with Gasteiger partial charge in [0.05, 0.1) is 6.54 Å². The van der Waals surface area contributed by atoms with E-state index in [9.17, 15) is 17.6 Å². The smallest absolute Gasteiger partial charge is 0.384 e. The molecule has 0 aromatic heterocycles. The zero-order valence-corrected chi connectivity index (χ0v) is 9.68. The standard InChI is InChI=1S/C11H13F4N3/c1-18(6-11(13,14)15)5-7-2-8(10(16)17)4-9(12)3-7/h2-4H,5-6H2,1H3,(H3,16,17). The second kappa shape index (κ2) is 5.34. The fraction of sp³-hybridized carbons (Fsp3) is 0.364.